The molecule has 1 aromatic carbocycles. The first-order valence-corrected chi connectivity index (χ1v) is 7.71. The first kappa shape index (κ1) is 12.9. The number of imidazole rings is 1. The highest BCUT2D eigenvalue weighted by Gasteiger charge is 2.27. The standard InChI is InChI=1S/C15H17N3O2S/c16-14(21)8-18-11-7-13-12(19-4-5-20-13)6-10(11)17-15(18)9-2-1-3-9/h6-7,9H,1-5,8H2,(H2,16,21). The Labute approximate surface area is 128 Å². The molecule has 2 aliphatic rings. The van der Waals surface area contributed by atoms with E-state index in [2.05, 4.69) is 4.57 Å². The van der Waals surface area contributed by atoms with E-state index in [1.807, 2.05) is 12.1 Å². The third-order valence-electron chi connectivity index (χ3n) is 4.23. The fraction of sp³-hybridized carbons (Fsp3) is 0.467. The van der Waals surface area contributed by atoms with Crippen molar-refractivity contribution in [3.8, 4) is 11.5 Å². The zero-order chi connectivity index (χ0) is 14.4. The van der Waals surface area contributed by atoms with Gasteiger partial charge in [0, 0.05) is 18.1 Å². The molecule has 2 aromatic rings. The summed E-state index contributed by atoms with van der Waals surface area (Å²) in [4.78, 5) is 5.28. The quantitative estimate of drug-likeness (QED) is 0.882. The van der Waals surface area contributed by atoms with Gasteiger partial charge < -0.3 is 19.8 Å². The van der Waals surface area contributed by atoms with Gasteiger partial charge >= 0.3 is 0 Å². The molecule has 0 unspecified atom stereocenters. The van der Waals surface area contributed by atoms with E-state index >= 15 is 0 Å². The monoisotopic (exact) mass is 303 g/mol. The zero-order valence-corrected chi connectivity index (χ0v) is 12.5. The molecular formula is C15H17N3O2S. The van der Waals surface area contributed by atoms with Crippen LogP contribution in [0.2, 0.25) is 0 Å². The highest BCUT2D eigenvalue weighted by atomic mass is 32.1. The molecule has 0 bridgehead atoms. The minimum absolute atomic E-state index is 0.477. The Kier molecular flexibility index (Phi) is 2.99. The van der Waals surface area contributed by atoms with Gasteiger partial charge in [-0.15, -0.1) is 0 Å². The lowest BCUT2D eigenvalue weighted by Gasteiger charge is -2.25. The number of hydrogen-bond acceptors (Lipinski definition) is 4. The van der Waals surface area contributed by atoms with Gasteiger partial charge in [-0.3, -0.25) is 0 Å². The molecule has 0 amide bonds. The molecule has 1 aliphatic carbocycles. The van der Waals surface area contributed by atoms with E-state index in [0.29, 0.717) is 30.7 Å². The topological polar surface area (TPSA) is 62.3 Å². The number of aromatic nitrogens is 2. The third-order valence-corrected chi connectivity index (χ3v) is 4.36. The number of rotatable bonds is 3. The summed E-state index contributed by atoms with van der Waals surface area (Å²) >= 11 is 5.10. The maximum Gasteiger partial charge on any atom is 0.163 e. The maximum absolute atomic E-state index is 5.77. The predicted octanol–water partition coefficient (Wildman–Crippen LogP) is 2.36. The molecule has 2 N–H and O–H groups in total. The SMILES string of the molecule is NC(=S)Cn1c(C2CCC2)nc2cc3c(cc21)OCCO3. The van der Waals surface area contributed by atoms with E-state index in [1.165, 1.54) is 19.3 Å². The van der Waals surface area contributed by atoms with E-state index in [-0.39, 0.29) is 0 Å². The second-order valence-electron chi connectivity index (χ2n) is 5.63. The highest BCUT2D eigenvalue weighted by molar-refractivity contribution is 7.80. The van der Waals surface area contributed by atoms with Crippen LogP contribution in [0, 0.1) is 0 Å². The van der Waals surface area contributed by atoms with Gasteiger partial charge in [0.25, 0.3) is 0 Å². The summed E-state index contributed by atoms with van der Waals surface area (Å²) < 4.78 is 13.4. The van der Waals surface area contributed by atoms with Crippen LogP contribution in [0.25, 0.3) is 11.0 Å². The zero-order valence-electron chi connectivity index (χ0n) is 11.7. The van der Waals surface area contributed by atoms with Crippen LogP contribution in [-0.4, -0.2) is 27.8 Å². The number of ether oxygens (including phenoxy) is 2. The van der Waals surface area contributed by atoms with Crippen molar-refractivity contribution in [2.75, 3.05) is 13.2 Å². The van der Waals surface area contributed by atoms with Gasteiger partial charge in [0.2, 0.25) is 0 Å². The first-order chi connectivity index (χ1) is 10.2. The number of hydrogen-bond donors (Lipinski definition) is 1. The summed E-state index contributed by atoms with van der Waals surface area (Å²) in [6.45, 7) is 1.69. The number of fused-ring (bicyclic) bond motifs is 2. The van der Waals surface area contributed by atoms with Crippen LogP contribution in [0.3, 0.4) is 0 Å². The molecule has 1 saturated carbocycles. The fourth-order valence-electron chi connectivity index (χ4n) is 2.98. The molecule has 110 valence electrons. The average molecular weight is 303 g/mol. The molecule has 6 heteroatoms. The van der Waals surface area contributed by atoms with Gasteiger partial charge in [0.15, 0.2) is 11.5 Å². The maximum atomic E-state index is 5.77. The van der Waals surface area contributed by atoms with Crippen LogP contribution >= 0.6 is 12.2 Å². The lowest BCUT2D eigenvalue weighted by molar-refractivity contribution is 0.172. The minimum atomic E-state index is 0.477. The van der Waals surface area contributed by atoms with Gasteiger partial charge in [0.1, 0.15) is 19.0 Å². The van der Waals surface area contributed by atoms with E-state index in [4.69, 9.17) is 32.4 Å². The Hall–Kier alpha value is -1.82. The van der Waals surface area contributed by atoms with Crippen LogP contribution in [0.5, 0.6) is 11.5 Å². The number of nitrogens with zero attached hydrogens (tertiary/aromatic N) is 2. The van der Waals surface area contributed by atoms with Gasteiger partial charge in [-0.2, -0.15) is 0 Å². The molecule has 0 spiro atoms. The largest absolute Gasteiger partial charge is 0.486 e. The van der Waals surface area contributed by atoms with Crippen molar-refractivity contribution >= 4 is 28.2 Å². The molecule has 1 fully saturated rings. The van der Waals surface area contributed by atoms with E-state index in [1.54, 1.807) is 0 Å². The van der Waals surface area contributed by atoms with Crippen LogP contribution in [-0.2, 0) is 6.54 Å². The van der Waals surface area contributed by atoms with Gasteiger partial charge in [0.05, 0.1) is 22.6 Å². The second-order valence-corrected chi connectivity index (χ2v) is 6.16. The van der Waals surface area contributed by atoms with Gasteiger partial charge in [-0.1, -0.05) is 18.6 Å². The van der Waals surface area contributed by atoms with E-state index in [9.17, 15) is 0 Å². The van der Waals surface area contributed by atoms with E-state index in [0.717, 1.165) is 28.4 Å². The summed E-state index contributed by atoms with van der Waals surface area (Å²) in [7, 11) is 0. The molecule has 0 radical (unpaired) electrons. The van der Waals surface area contributed by atoms with Crippen LogP contribution in [0.15, 0.2) is 12.1 Å². The Bertz CT molecular complexity index is 721. The summed E-state index contributed by atoms with van der Waals surface area (Å²) in [5.74, 6) is 3.16. The molecule has 4 rings (SSSR count). The number of nitrogens with two attached hydrogens (primary N) is 1. The summed E-state index contributed by atoms with van der Waals surface area (Å²) in [5.41, 5.74) is 7.72. The molecule has 0 saturated heterocycles. The molecule has 1 aromatic heterocycles. The fourth-order valence-corrected chi connectivity index (χ4v) is 3.11. The van der Waals surface area contributed by atoms with Crippen molar-refractivity contribution in [2.24, 2.45) is 5.73 Å². The first-order valence-electron chi connectivity index (χ1n) is 7.30. The van der Waals surface area contributed by atoms with Crippen molar-refractivity contribution in [3.05, 3.63) is 18.0 Å². The number of thiocarbonyl (C=S) groups is 1. The van der Waals surface area contributed by atoms with Crippen molar-refractivity contribution in [2.45, 2.75) is 31.7 Å². The normalized spacial score (nSPS) is 17.7. The molecule has 2 heterocycles. The third kappa shape index (κ3) is 2.14. The van der Waals surface area contributed by atoms with Crippen LogP contribution in [0.4, 0.5) is 0 Å². The van der Waals surface area contributed by atoms with Crippen LogP contribution < -0.4 is 15.2 Å². The van der Waals surface area contributed by atoms with Gasteiger partial charge in [-0.05, 0) is 12.8 Å². The second kappa shape index (κ2) is 4.87. The Morgan fingerprint density at radius 1 is 1.29 bits per heavy atom. The van der Waals surface area contributed by atoms with Crippen molar-refractivity contribution in [3.63, 3.8) is 0 Å². The summed E-state index contributed by atoms with van der Waals surface area (Å²) in [6.07, 6.45) is 3.64. The predicted molar refractivity (Wildman–Crippen MR) is 84.1 cm³/mol. The lowest BCUT2D eigenvalue weighted by atomic mass is 9.85. The summed E-state index contributed by atoms with van der Waals surface area (Å²) in [5, 5.41) is 0. The van der Waals surface area contributed by atoms with E-state index < -0.39 is 0 Å². The van der Waals surface area contributed by atoms with Crippen molar-refractivity contribution < 1.29 is 9.47 Å². The minimum Gasteiger partial charge on any atom is -0.486 e. The lowest BCUT2D eigenvalue weighted by Crippen LogP contribution is -2.22. The summed E-state index contributed by atoms with van der Waals surface area (Å²) in [6, 6.07) is 3.96. The van der Waals surface area contributed by atoms with Crippen molar-refractivity contribution in [1.82, 2.24) is 9.55 Å². The number of benzene rings is 1. The Morgan fingerprint density at radius 3 is 2.62 bits per heavy atom. The molecule has 5 nitrogen and oxygen atoms in total. The van der Waals surface area contributed by atoms with Crippen molar-refractivity contribution in [1.29, 1.82) is 0 Å². The Balaban J connectivity index is 1.88. The van der Waals surface area contributed by atoms with Gasteiger partial charge in [-0.25, -0.2) is 4.98 Å². The molecule has 0 atom stereocenters. The molecule has 1 aliphatic heterocycles. The molecule has 21 heavy (non-hydrogen) atoms. The average Bonchev–Trinajstić information content (AvgIpc) is 2.72. The smallest absolute Gasteiger partial charge is 0.163 e. The van der Waals surface area contributed by atoms with Crippen LogP contribution in [0.1, 0.15) is 31.0 Å². The highest BCUT2D eigenvalue weighted by Crippen LogP contribution is 2.40. The Morgan fingerprint density at radius 2 is 2.00 bits per heavy atom. The molecular weight excluding hydrogens is 286 g/mol.